The van der Waals surface area contributed by atoms with Crippen LogP contribution in [-0.4, -0.2) is 10.2 Å². The molecule has 0 amide bonds. The molecular formula is C20H30O2. The molecule has 0 aromatic heterocycles. The second kappa shape index (κ2) is 5.79. The first kappa shape index (κ1) is 15.7. The SMILES string of the molecule is CC1(CCCc2cc(O)cc(O)c2CCCC2(C)CC2)CC1. The fourth-order valence-corrected chi connectivity index (χ4v) is 3.54. The Morgan fingerprint density at radius 3 is 1.95 bits per heavy atom. The summed E-state index contributed by atoms with van der Waals surface area (Å²) in [5, 5.41) is 20.0. The van der Waals surface area contributed by atoms with E-state index in [1.54, 1.807) is 0 Å². The molecule has 0 saturated heterocycles. The number of hydrogen-bond donors (Lipinski definition) is 2. The maximum absolute atomic E-state index is 10.2. The van der Waals surface area contributed by atoms with E-state index < -0.39 is 0 Å². The maximum atomic E-state index is 10.2. The zero-order valence-electron chi connectivity index (χ0n) is 14.1. The van der Waals surface area contributed by atoms with Crippen molar-refractivity contribution in [3.05, 3.63) is 23.3 Å². The third kappa shape index (κ3) is 3.97. The second-order valence-corrected chi connectivity index (χ2v) is 8.43. The van der Waals surface area contributed by atoms with Gasteiger partial charge >= 0.3 is 0 Å². The molecule has 0 bridgehead atoms. The Morgan fingerprint density at radius 1 is 0.864 bits per heavy atom. The highest BCUT2D eigenvalue weighted by Crippen LogP contribution is 2.50. The molecule has 0 spiro atoms. The van der Waals surface area contributed by atoms with Gasteiger partial charge in [-0.05, 0) is 92.2 Å². The van der Waals surface area contributed by atoms with Crippen LogP contribution in [0.15, 0.2) is 12.1 Å². The van der Waals surface area contributed by atoms with E-state index in [1.807, 2.05) is 6.07 Å². The van der Waals surface area contributed by atoms with Gasteiger partial charge in [-0.2, -0.15) is 0 Å². The van der Waals surface area contributed by atoms with Crippen LogP contribution in [0.4, 0.5) is 0 Å². The molecule has 122 valence electrons. The summed E-state index contributed by atoms with van der Waals surface area (Å²) < 4.78 is 0. The third-order valence-electron chi connectivity index (χ3n) is 5.94. The number of aromatic hydroxyl groups is 2. The Morgan fingerprint density at radius 2 is 1.41 bits per heavy atom. The molecule has 22 heavy (non-hydrogen) atoms. The zero-order valence-corrected chi connectivity index (χ0v) is 14.1. The Labute approximate surface area is 134 Å². The minimum atomic E-state index is 0.197. The molecule has 2 aliphatic carbocycles. The van der Waals surface area contributed by atoms with Crippen molar-refractivity contribution < 1.29 is 10.2 Å². The van der Waals surface area contributed by atoms with Crippen molar-refractivity contribution in [2.24, 2.45) is 10.8 Å². The van der Waals surface area contributed by atoms with E-state index in [4.69, 9.17) is 0 Å². The molecule has 0 heterocycles. The summed E-state index contributed by atoms with van der Waals surface area (Å²) in [7, 11) is 0. The summed E-state index contributed by atoms with van der Waals surface area (Å²) in [6.45, 7) is 4.73. The topological polar surface area (TPSA) is 40.5 Å². The standard InChI is InChI=1S/C20H30O2/c1-19(9-10-19)7-3-5-15-13-16(21)14-18(22)17(15)6-4-8-20(2)11-12-20/h13-14,21-22H,3-12H2,1-2H3. The van der Waals surface area contributed by atoms with Gasteiger partial charge < -0.3 is 10.2 Å². The van der Waals surface area contributed by atoms with Crippen LogP contribution >= 0.6 is 0 Å². The van der Waals surface area contributed by atoms with E-state index in [-0.39, 0.29) is 11.5 Å². The van der Waals surface area contributed by atoms with Gasteiger partial charge in [0.2, 0.25) is 0 Å². The highest BCUT2D eigenvalue weighted by Gasteiger charge is 2.37. The van der Waals surface area contributed by atoms with E-state index in [0.29, 0.717) is 10.8 Å². The summed E-state index contributed by atoms with van der Waals surface area (Å²) in [6, 6.07) is 3.36. The first-order valence-corrected chi connectivity index (χ1v) is 8.93. The van der Waals surface area contributed by atoms with Crippen LogP contribution < -0.4 is 0 Å². The lowest BCUT2D eigenvalue weighted by molar-refractivity contribution is 0.437. The van der Waals surface area contributed by atoms with Gasteiger partial charge in [0, 0.05) is 6.07 Å². The van der Waals surface area contributed by atoms with Gasteiger partial charge in [0.15, 0.2) is 0 Å². The summed E-state index contributed by atoms with van der Waals surface area (Å²) in [4.78, 5) is 0. The molecule has 2 aliphatic rings. The molecule has 2 fully saturated rings. The predicted molar refractivity (Wildman–Crippen MR) is 90.3 cm³/mol. The monoisotopic (exact) mass is 302 g/mol. The normalized spacial score (nSPS) is 20.8. The number of benzene rings is 1. The molecule has 3 rings (SSSR count). The molecule has 0 radical (unpaired) electrons. The van der Waals surface area contributed by atoms with Crippen LogP contribution in [0.25, 0.3) is 0 Å². The van der Waals surface area contributed by atoms with Gasteiger partial charge in [0.05, 0.1) is 0 Å². The number of rotatable bonds is 8. The average Bonchev–Trinajstić information content (AvgIpc) is 3.34. The molecule has 2 N–H and O–H groups in total. The number of phenolic OH excluding ortho intramolecular Hbond substituents is 2. The van der Waals surface area contributed by atoms with Crippen molar-refractivity contribution in [3.63, 3.8) is 0 Å². The number of aryl methyl sites for hydroxylation is 1. The molecule has 2 heteroatoms. The highest BCUT2D eigenvalue weighted by molar-refractivity contribution is 5.45. The molecule has 2 saturated carbocycles. The lowest BCUT2D eigenvalue weighted by Crippen LogP contribution is -2.01. The van der Waals surface area contributed by atoms with Crippen molar-refractivity contribution >= 4 is 0 Å². The Balaban J connectivity index is 1.60. The molecular weight excluding hydrogens is 272 g/mol. The number of phenols is 2. The maximum Gasteiger partial charge on any atom is 0.122 e. The minimum absolute atomic E-state index is 0.197. The van der Waals surface area contributed by atoms with Crippen LogP contribution in [0.3, 0.4) is 0 Å². The smallest absolute Gasteiger partial charge is 0.122 e. The lowest BCUT2D eigenvalue weighted by Gasteiger charge is -2.15. The molecule has 0 aliphatic heterocycles. The molecule has 0 atom stereocenters. The van der Waals surface area contributed by atoms with Crippen LogP contribution in [0.1, 0.15) is 76.3 Å². The van der Waals surface area contributed by atoms with E-state index >= 15 is 0 Å². The van der Waals surface area contributed by atoms with Gasteiger partial charge in [-0.25, -0.2) is 0 Å². The lowest BCUT2D eigenvalue weighted by atomic mass is 9.92. The van der Waals surface area contributed by atoms with Crippen LogP contribution in [-0.2, 0) is 12.8 Å². The minimum Gasteiger partial charge on any atom is -0.508 e. The van der Waals surface area contributed by atoms with Crippen LogP contribution in [0.2, 0.25) is 0 Å². The van der Waals surface area contributed by atoms with Crippen molar-refractivity contribution in [2.75, 3.05) is 0 Å². The molecule has 2 nitrogen and oxygen atoms in total. The Bertz CT molecular complexity index is 539. The Kier molecular flexibility index (Phi) is 4.13. The average molecular weight is 302 g/mol. The van der Waals surface area contributed by atoms with Gasteiger partial charge in [-0.15, -0.1) is 0 Å². The Hall–Kier alpha value is -1.18. The van der Waals surface area contributed by atoms with E-state index in [0.717, 1.165) is 36.8 Å². The van der Waals surface area contributed by atoms with E-state index in [1.165, 1.54) is 44.6 Å². The molecule has 1 aromatic carbocycles. The second-order valence-electron chi connectivity index (χ2n) is 8.43. The van der Waals surface area contributed by atoms with Gasteiger partial charge in [-0.3, -0.25) is 0 Å². The summed E-state index contributed by atoms with van der Waals surface area (Å²) in [5.41, 5.74) is 3.39. The van der Waals surface area contributed by atoms with Gasteiger partial charge in [-0.1, -0.05) is 13.8 Å². The van der Waals surface area contributed by atoms with Crippen LogP contribution in [0.5, 0.6) is 11.5 Å². The molecule has 0 unspecified atom stereocenters. The van der Waals surface area contributed by atoms with E-state index in [2.05, 4.69) is 13.8 Å². The highest BCUT2D eigenvalue weighted by atomic mass is 16.3. The van der Waals surface area contributed by atoms with Gasteiger partial charge in [0.1, 0.15) is 11.5 Å². The fraction of sp³-hybridized carbons (Fsp3) is 0.700. The summed E-state index contributed by atoms with van der Waals surface area (Å²) in [6.07, 6.45) is 12.2. The first-order valence-electron chi connectivity index (χ1n) is 8.93. The predicted octanol–water partition coefficient (Wildman–Crippen LogP) is 5.34. The van der Waals surface area contributed by atoms with Crippen molar-refractivity contribution in [1.82, 2.24) is 0 Å². The first-order chi connectivity index (χ1) is 10.4. The van der Waals surface area contributed by atoms with Gasteiger partial charge in [0.25, 0.3) is 0 Å². The summed E-state index contributed by atoms with van der Waals surface area (Å²) in [5.74, 6) is 0.483. The third-order valence-corrected chi connectivity index (χ3v) is 5.94. The quantitative estimate of drug-likeness (QED) is 0.680. The van der Waals surface area contributed by atoms with E-state index in [9.17, 15) is 10.2 Å². The molecule has 1 aromatic rings. The van der Waals surface area contributed by atoms with Crippen LogP contribution in [0, 0.1) is 10.8 Å². The number of hydrogen-bond acceptors (Lipinski definition) is 2. The largest absolute Gasteiger partial charge is 0.508 e. The van der Waals surface area contributed by atoms with Crippen molar-refractivity contribution in [1.29, 1.82) is 0 Å². The zero-order chi connectivity index (χ0) is 15.8. The van der Waals surface area contributed by atoms with Crippen molar-refractivity contribution in [2.45, 2.75) is 78.1 Å². The van der Waals surface area contributed by atoms with Crippen molar-refractivity contribution in [3.8, 4) is 11.5 Å². The fourth-order valence-electron chi connectivity index (χ4n) is 3.54. The summed E-state index contributed by atoms with van der Waals surface area (Å²) >= 11 is 0.